The van der Waals surface area contributed by atoms with Crippen molar-refractivity contribution < 1.29 is 9.32 Å². The van der Waals surface area contributed by atoms with Gasteiger partial charge in [-0.2, -0.15) is 4.98 Å². The molecule has 3 aromatic rings. The van der Waals surface area contributed by atoms with Crippen molar-refractivity contribution in [2.45, 2.75) is 46.5 Å². The van der Waals surface area contributed by atoms with Gasteiger partial charge in [0, 0.05) is 30.4 Å². The lowest BCUT2D eigenvalue weighted by Crippen LogP contribution is -2.33. The van der Waals surface area contributed by atoms with Crippen LogP contribution in [0.1, 0.15) is 43.3 Å². The van der Waals surface area contributed by atoms with Gasteiger partial charge in [0.05, 0.1) is 11.4 Å². The lowest BCUT2D eigenvalue weighted by molar-refractivity contribution is -0.116. The molecule has 1 amide bonds. The van der Waals surface area contributed by atoms with Crippen LogP contribution in [0.15, 0.2) is 27.2 Å². The molecule has 0 aliphatic carbocycles. The highest BCUT2D eigenvalue weighted by molar-refractivity contribution is 9.10. The summed E-state index contributed by atoms with van der Waals surface area (Å²) in [6.45, 7) is 8.13. The molecule has 1 saturated heterocycles. The van der Waals surface area contributed by atoms with Crippen molar-refractivity contribution >= 4 is 44.4 Å². The summed E-state index contributed by atoms with van der Waals surface area (Å²) in [6.07, 6.45) is 3.00. The summed E-state index contributed by atoms with van der Waals surface area (Å²) in [5.74, 6) is 2.13. The highest BCUT2D eigenvalue weighted by Crippen LogP contribution is 2.30. The Kier molecular flexibility index (Phi) is 6.04. The van der Waals surface area contributed by atoms with Crippen molar-refractivity contribution in [3.8, 4) is 0 Å². The first-order valence-corrected chi connectivity index (χ1v) is 11.1. The molecule has 3 heterocycles. The Morgan fingerprint density at radius 3 is 2.77 bits per heavy atom. The van der Waals surface area contributed by atoms with E-state index < -0.39 is 0 Å². The largest absolute Gasteiger partial charge is 0.356 e. The number of halogens is 1. The lowest BCUT2D eigenvalue weighted by atomic mass is 9.99. The summed E-state index contributed by atoms with van der Waals surface area (Å²) in [5.41, 5.74) is 3.18. The summed E-state index contributed by atoms with van der Waals surface area (Å²) in [7, 11) is 0. The molecule has 1 aliphatic rings. The van der Waals surface area contributed by atoms with Crippen molar-refractivity contribution in [1.29, 1.82) is 0 Å². The zero-order valence-corrected chi connectivity index (χ0v) is 19.1. The average Bonchev–Trinajstić information content (AvgIpc) is 3.09. The van der Waals surface area contributed by atoms with Crippen LogP contribution in [0.5, 0.6) is 0 Å². The highest BCUT2D eigenvalue weighted by atomic mass is 79.9. The van der Waals surface area contributed by atoms with Crippen LogP contribution in [-0.2, 0) is 11.2 Å². The number of nitrogens with zero attached hydrogens (tertiary/aromatic N) is 4. The van der Waals surface area contributed by atoms with E-state index in [2.05, 4.69) is 43.2 Å². The van der Waals surface area contributed by atoms with Crippen molar-refractivity contribution in [3.05, 3.63) is 39.8 Å². The van der Waals surface area contributed by atoms with E-state index in [0.717, 1.165) is 64.5 Å². The topological polar surface area (TPSA) is 84.2 Å². The molecular formula is C22H26BrN5O2. The molecule has 0 bridgehead atoms. The van der Waals surface area contributed by atoms with Gasteiger partial charge in [0.1, 0.15) is 17.0 Å². The normalized spacial score (nSPS) is 15.0. The Morgan fingerprint density at radius 1 is 1.27 bits per heavy atom. The van der Waals surface area contributed by atoms with Crippen LogP contribution in [-0.4, -0.2) is 34.1 Å². The Hall–Kier alpha value is -2.48. The highest BCUT2D eigenvalue weighted by Gasteiger charge is 2.23. The van der Waals surface area contributed by atoms with Gasteiger partial charge in [0.2, 0.25) is 5.91 Å². The number of fused-ring (bicyclic) bond motifs is 1. The lowest BCUT2D eigenvalue weighted by Gasteiger charge is -2.31. The van der Waals surface area contributed by atoms with Crippen molar-refractivity contribution in [2.24, 2.45) is 5.92 Å². The van der Waals surface area contributed by atoms with Crippen LogP contribution < -0.4 is 10.2 Å². The van der Waals surface area contributed by atoms with Crippen LogP contribution in [0, 0.1) is 19.8 Å². The second-order valence-electron chi connectivity index (χ2n) is 8.11. The molecule has 0 saturated carbocycles. The zero-order valence-electron chi connectivity index (χ0n) is 17.5. The van der Waals surface area contributed by atoms with Gasteiger partial charge in [-0.05, 0) is 66.2 Å². The molecule has 8 heteroatoms. The number of aromatic nitrogens is 3. The smallest absolute Gasteiger partial charge is 0.263 e. The molecule has 1 aliphatic heterocycles. The standard InChI is InChI=1S/C22H26BrN5O2/c1-13-8-10-28(11-9-13)21-20-15(3)27-30-22(20)26-18(25-21)6-7-19(29)24-17-5-4-14(2)12-16(17)23/h4-5,12-13H,6-11H2,1-3H3,(H,24,29). The van der Waals surface area contributed by atoms with Crippen LogP contribution in [0.25, 0.3) is 11.1 Å². The molecule has 0 radical (unpaired) electrons. The third-order valence-corrected chi connectivity index (χ3v) is 6.25. The number of hydrogen-bond donors (Lipinski definition) is 1. The minimum absolute atomic E-state index is 0.0784. The van der Waals surface area contributed by atoms with Gasteiger partial charge >= 0.3 is 0 Å². The fourth-order valence-corrected chi connectivity index (χ4v) is 4.32. The van der Waals surface area contributed by atoms with E-state index in [4.69, 9.17) is 9.51 Å². The number of amides is 1. The molecule has 30 heavy (non-hydrogen) atoms. The summed E-state index contributed by atoms with van der Waals surface area (Å²) >= 11 is 3.49. The quantitative estimate of drug-likeness (QED) is 0.574. The van der Waals surface area contributed by atoms with Crippen LogP contribution in [0.3, 0.4) is 0 Å². The van der Waals surface area contributed by atoms with E-state index in [-0.39, 0.29) is 12.3 Å². The molecule has 158 valence electrons. The number of benzene rings is 1. The number of hydrogen-bond acceptors (Lipinski definition) is 6. The second-order valence-corrected chi connectivity index (χ2v) is 8.97. The van der Waals surface area contributed by atoms with Gasteiger partial charge in [0.25, 0.3) is 5.71 Å². The summed E-state index contributed by atoms with van der Waals surface area (Å²) in [5, 5.41) is 7.91. The van der Waals surface area contributed by atoms with Crippen molar-refractivity contribution in [2.75, 3.05) is 23.3 Å². The van der Waals surface area contributed by atoms with Crippen LogP contribution in [0.4, 0.5) is 11.5 Å². The molecule has 0 atom stereocenters. The summed E-state index contributed by atoms with van der Waals surface area (Å²) in [4.78, 5) is 24.1. The van der Waals surface area contributed by atoms with Gasteiger partial charge in [-0.15, -0.1) is 0 Å². The van der Waals surface area contributed by atoms with E-state index in [9.17, 15) is 4.79 Å². The molecular weight excluding hydrogens is 446 g/mol. The third kappa shape index (κ3) is 4.48. The minimum atomic E-state index is -0.0784. The van der Waals surface area contributed by atoms with Gasteiger partial charge in [0.15, 0.2) is 0 Å². The molecule has 7 nitrogen and oxygen atoms in total. The van der Waals surface area contributed by atoms with E-state index >= 15 is 0 Å². The van der Waals surface area contributed by atoms with Crippen LogP contribution in [0.2, 0.25) is 0 Å². The van der Waals surface area contributed by atoms with E-state index in [1.54, 1.807) is 0 Å². The maximum atomic E-state index is 12.5. The zero-order chi connectivity index (χ0) is 21.3. The summed E-state index contributed by atoms with van der Waals surface area (Å²) < 4.78 is 6.30. The first kappa shape index (κ1) is 20.8. The second kappa shape index (κ2) is 8.71. The number of rotatable bonds is 5. The minimum Gasteiger partial charge on any atom is -0.356 e. The monoisotopic (exact) mass is 471 g/mol. The fourth-order valence-electron chi connectivity index (χ4n) is 3.73. The molecule has 0 unspecified atom stereocenters. The van der Waals surface area contributed by atoms with Gasteiger partial charge in [-0.25, -0.2) is 4.98 Å². The molecule has 2 aromatic heterocycles. The number of carbonyl (C=O) groups excluding carboxylic acids is 1. The number of nitrogens with one attached hydrogen (secondary N) is 1. The Labute approximate surface area is 184 Å². The van der Waals surface area contributed by atoms with Gasteiger partial charge in [-0.3, -0.25) is 4.79 Å². The van der Waals surface area contributed by atoms with Crippen LogP contribution >= 0.6 is 15.9 Å². The Morgan fingerprint density at radius 2 is 2.03 bits per heavy atom. The summed E-state index contributed by atoms with van der Waals surface area (Å²) in [6, 6.07) is 5.84. The maximum Gasteiger partial charge on any atom is 0.263 e. The van der Waals surface area contributed by atoms with E-state index in [1.807, 2.05) is 32.0 Å². The van der Waals surface area contributed by atoms with Gasteiger partial charge in [-0.1, -0.05) is 18.1 Å². The molecule has 0 spiro atoms. The number of carbonyl (C=O) groups is 1. The average molecular weight is 472 g/mol. The van der Waals surface area contributed by atoms with Crippen molar-refractivity contribution in [3.63, 3.8) is 0 Å². The predicted molar refractivity (Wildman–Crippen MR) is 121 cm³/mol. The molecule has 1 fully saturated rings. The maximum absolute atomic E-state index is 12.5. The molecule has 1 aromatic carbocycles. The molecule has 1 N–H and O–H groups in total. The molecule has 4 rings (SSSR count). The van der Waals surface area contributed by atoms with E-state index in [1.165, 1.54) is 0 Å². The third-order valence-electron chi connectivity index (χ3n) is 5.59. The fraction of sp³-hybridized carbons (Fsp3) is 0.455. The van der Waals surface area contributed by atoms with E-state index in [0.29, 0.717) is 18.0 Å². The number of anilines is 2. The van der Waals surface area contributed by atoms with Crippen molar-refractivity contribution in [1.82, 2.24) is 15.1 Å². The SMILES string of the molecule is Cc1ccc(NC(=O)CCc2nc(N3CCC(C)CC3)c3c(C)noc3n2)c(Br)c1. The Balaban J connectivity index is 1.50. The Bertz CT molecular complexity index is 1070. The number of piperidine rings is 1. The first-order valence-electron chi connectivity index (χ1n) is 10.3. The predicted octanol–water partition coefficient (Wildman–Crippen LogP) is 4.80. The first-order chi connectivity index (χ1) is 14.4. The number of aryl methyl sites for hydroxylation is 3. The van der Waals surface area contributed by atoms with Gasteiger partial charge < -0.3 is 14.7 Å².